The first kappa shape index (κ1) is 22.6. The third-order valence-corrected chi connectivity index (χ3v) is 6.22. The van der Waals surface area contributed by atoms with Crippen LogP contribution in [0.3, 0.4) is 0 Å². The van der Waals surface area contributed by atoms with Gasteiger partial charge in [-0.25, -0.2) is 9.97 Å². The summed E-state index contributed by atoms with van der Waals surface area (Å²) in [6, 6.07) is 15.2. The Morgan fingerprint density at radius 1 is 1.03 bits per heavy atom. The Labute approximate surface area is 204 Å². The molecule has 178 valence electrons. The summed E-state index contributed by atoms with van der Waals surface area (Å²) in [6.45, 7) is 1.86. The van der Waals surface area contributed by atoms with E-state index >= 15 is 0 Å². The smallest absolute Gasteiger partial charge is 0.254 e. The first-order valence-corrected chi connectivity index (χ1v) is 11.7. The van der Waals surface area contributed by atoms with Crippen LogP contribution in [0.4, 0.5) is 0 Å². The van der Waals surface area contributed by atoms with Crippen LogP contribution in [0.2, 0.25) is 0 Å². The summed E-state index contributed by atoms with van der Waals surface area (Å²) >= 11 is 0. The van der Waals surface area contributed by atoms with Crippen LogP contribution in [0.1, 0.15) is 40.4 Å². The molecule has 1 amide bonds. The predicted molar refractivity (Wildman–Crippen MR) is 131 cm³/mol. The van der Waals surface area contributed by atoms with Crippen molar-refractivity contribution in [2.24, 2.45) is 0 Å². The first-order chi connectivity index (χ1) is 17.2. The van der Waals surface area contributed by atoms with Gasteiger partial charge in [0.2, 0.25) is 5.88 Å². The van der Waals surface area contributed by atoms with E-state index in [9.17, 15) is 4.79 Å². The van der Waals surface area contributed by atoms with Crippen LogP contribution in [0.25, 0.3) is 0 Å². The molecule has 0 aliphatic carbocycles. The Kier molecular flexibility index (Phi) is 6.70. The minimum Gasteiger partial charge on any atom is -0.493 e. The lowest BCUT2D eigenvalue weighted by Gasteiger charge is -2.33. The largest absolute Gasteiger partial charge is 0.493 e. The SMILES string of the molecule is COc1ccccc1Oc1nccnc1[C@H]1CCCN(C(=O)c2ccccc2Cn2ccnc2)C1. The lowest BCUT2D eigenvalue weighted by atomic mass is 9.93. The van der Waals surface area contributed by atoms with Gasteiger partial charge in [0, 0.05) is 55.9 Å². The number of hydrogen-bond acceptors (Lipinski definition) is 6. The van der Waals surface area contributed by atoms with Crippen LogP contribution in [-0.2, 0) is 6.54 Å². The van der Waals surface area contributed by atoms with Gasteiger partial charge in [0.15, 0.2) is 11.5 Å². The molecule has 0 saturated carbocycles. The maximum atomic E-state index is 13.6. The number of hydrogen-bond donors (Lipinski definition) is 0. The molecule has 0 N–H and O–H groups in total. The van der Waals surface area contributed by atoms with Gasteiger partial charge in [-0.1, -0.05) is 30.3 Å². The molecular weight excluding hydrogens is 442 g/mol. The summed E-state index contributed by atoms with van der Waals surface area (Å²) in [5.74, 6) is 1.69. The molecule has 1 aliphatic rings. The number of nitrogens with zero attached hydrogens (tertiary/aromatic N) is 5. The molecular formula is C27H27N5O3. The topological polar surface area (TPSA) is 82.4 Å². The van der Waals surface area contributed by atoms with E-state index < -0.39 is 0 Å². The predicted octanol–water partition coefficient (Wildman–Crippen LogP) is 4.54. The van der Waals surface area contributed by atoms with Gasteiger partial charge >= 0.3 is 0 Å². The van der Waals surface area contributed by atoms with Crippen LogP contribution in [0, 0.1) is 0 Å². The number of amides is 1. The molecule has 4 aromatic rings. The molecule has 8 nitrogen and oxygen atoms in total. The van der Waals surface area contributed by atoms with Crippen molar-refractivity contribution in [3.63, 3.8) is 0 Å². The lowest BCUT2D eigenvalue weighted by Crippen LogP contribution is -2.39. The fraction of sp³-hybridized carbons (Fsp3) is 0.259. The van der Waals surface area contributed by atoms with Gasteiger partial charge in [-0.2, -0.15) is 0 Å². The number of methoxy groups -OCH3 is 1. The van der Waals surface area contributed by atoms with E-state index in [4.69, 9.17) is 9.47 Å². The highest BCUT2D eigenvalue weighted by molar-refractivity contribution is 5.95. The molecule has 0 unspecified atom stereocenters. The van der Waals surface area contributed by atoms with Crippen LogP contribution in [0.15, 0.2) is 79.6 Å². The number of imidazole rings is 1. The summed E-state index contributed by atoms with van der Waals surface area (Å²) in [4.78, 5) is 28.7. The highest BCUT2D eigenvalue weighted by atomic mass is 16.5. The summed E-state index contributed by atoms with van der Waals surface area (Å²) in [7, 11) is 1.61. The second-order valence-corrected chi connectivity index (χ2v) is 8.48. The van der Waals surface area contributed by atoms with Crippen LogP contribution in [-0.4, -0.2) is 50.5 Å². The van der Waals surface area contributed by atoms with Crippen molar-refractivity contribution in [3.05, 3.63) is 96.5 Å². The quantitative estimate of drug-likeness (QED) is 0.395. The van der Waals surface area contributed by atoms with Crippen molar-refractivity contribution in [2.45, 2.75) is 25.3 Å². The van der Waals surface area contributed by atoms with E-state index in [0.29, 0.717) is 42.6 Å². The third kappa shape index (κ3) is 5.01. The van der Waals surface area contributed by atoms with Crippen molar-refractivity contribution in [2.75, 3.05) is 20.2 Å². The summed E-state index contributed by atoms with van der Waals surface area (Å²) < 4.78 is 13.5. The zero-order valence-electron chi connectivity index (χ0n) is 19.6. The highest BCUT2D eigenvalue weighted by Gasteiger charge is 2.30. The van der Waals surface area contributed by atoms with Gasteiger partial charge in [-0.3, -0.25) is 9.78 Å². The average Bonchev–Trinajstić information content (AvgIpc) is 3.42. The minimum absolute atomic E-state index is 0.0203. The number of rotatable bonds is 7. The number of likely N-dealkylation sites (tertiary alicyclic amines) is 1. The minimum atomic E-state index is 0.0203. The maximum Gasteiger partial charge on any atom is 0.254 e. The average molecular weight is 470 g/mol. The molecule has 1 fully saturated rings. The number of piperidine rings is 1. The van der Waals surface area contributed by atoms with E-state index in [1.807, 2.05) is 64.2 Å². The summed E-state index contributed by atoms with van der Waals surface area (Å²) in [5, 5.41) is 0. The Bertz CT molecular complexity index is 1290. The summed E-state index contributed by atoms with van der Waals surface area (Å²) in [5.41, 5.74) is 2.44. The van der Waals surface area contributed by atoms with Gasteiger partial charge in [0.1, 0.15) is 5.69 Å². The van der Waals surface area contributed by atoms with Crippen molar-refractivity contribution < 1.29 is 14.3 Å². The molecule has 1 saturated heterocycles. The Morgan fingerprint density at radius 2 is 1.83 bits per heavy atom. The number of benzene rings is 2. The summed E-state index contributed by atoms with van der Waals surface area (Å²) in [6.07, 6.45) is 10.5. The number of para-hydroxylation sites is 2. The maximum absolute atomic E-state index is 13.6. The highest BCUT2D eigenvalue weighted by Crippen LogP contribution is 2.36. The number of carbonyl (C=O) groups is 1. The molecule has 3 heterocycles. The number of aromatic nitrogens is 4. The molecule has 35 heavy (non-hydrogen) atoms. The zero-order chi connectivity index (χ0) is 24.0. The number of carbonyl (C=O) groups excluding carboxylic acids is 1. The fourth-order valence-corrected chi connectivity index (χ4v) is 4.50. The first-order valence-electron chi connectivity index (χ1n) is 11.7. The molecule has 8 heteroatoms. The van der Waals surface area contributed by atoms with Crippen molar-refractivity contribution in [1.29, 1.82) is 0 Å². The normalized spacial score (nSPS) is 15.6. The zero-order valence-corrected chi connectivity index (χ0v) is 19.6. The second-order valence-electron chi connectivity index (χ2n) is 8.48. The van der Waals surface area contributed by atoms with Gasteiger partial charge in [-0.15, -0.1) is 0 Å². The van der Waals surface area contributed by atoms with Crippen LogP contribution in [0.5, 0.6) is 17.4 Å². The van der Waals surface area contributed by atoms with Crippen LogP contribution < -0.4 is 9.47 Å². The van der Waals surface area contributed by atoms with E-state index in [0.717, 1.165) is 24.1 Å². The standard InChI is InChI=1S/C27H27N5O3/c1-34-23-10-4-5-11-24(23)35-26-25(29-12-13-30-26)21-8-6-15-32(18-21)27(33)22-9-3-2-7-20(22)17-31-16-14-28-19-31/h2-5,7,9-14,16,19,21H,6,8,15,17-18H2,1H3/t21-/m0/s1. The third-order valence-electron chi connectivity index (χ3n) is 6.22. The van der Waals surface area contributed by atoms with Gasteiger partial charge < -0.3 is 18.9 Å². The molecule has 0 bridgehead atoms. The van der Waals surface area contributed by atoms with E-state index in [1.165, 1.54) is 0 Å². The monoisotopic (exact) mass is 469 g/mol. The van der Waals surface area contributed by atoms with Crippen molar-refractivity contribution in [3.8, 4) is 17.4 Å². The molecule has 2 aromatic carbocycles. The van der Waals surface area contributed by atoms with Gasteiger partial charge in [0.05, 0.1) is 13.4 Å². The molecule has 1 aliphatic heterocycles. The van der Waals surface area contributed by atoms with E-state index in [2.05, 4.69) is 15.0 Å². The Morgan fingerprint density at radius 3 is 2.66 bits per heavy atom. The van der Waals surface area contributed by atoms with Gasteiger partial charge in [0.25, 0.3) is 5.91 Å². The van der Waals surface area contributed by atoms with Gasteiger partial charge in [-0.05, 0) is 36.6 Å². The Hall–Kier alpha value is -4.20. The molecule has 0 spiro atoms. The van der Waals surface area contributed by atoms with E-state index in [-0.39, 0.29) is 11.8 Å². The number of ether oxygens (including phenoxy) is 2. The fourth-order valence-electron chi connectivity index (χ4n) is 4.50. The van der Waals surface area contributed by atoms with Crippen molar-refractivity contribution in [1.82, 2.24) is 24.4 Å². The Balaban J connectivity index is 1.37. The van der Waals surface area contributed by atoms with Crippen molar-refractivity contribution >= 4 is 5.91 Å². The molecule has 0 radical (unpaired) electrons. The molecule has 5 rings (SSSR count). The van der Waals surface area contributed by atoms with Crippen LogP contribution >= 0.6 is 0 Å². The molecule has 1 atom stereocenters. The lowest BCUT2D eigenvalue weighted by molar-refractivity contribution is 0.0703. The second kappa shape index (κ2) is 10.4. The molecule has 2 aromatic heterocycles. The van der Waals surface area contributed by atoms with E-state index in [1.54, 1.807) is 32.0 Å².